The highest BCUT2D eigenvalue weighted by atomic mass is 35.5. The Balaban J connectivity index is 0.000000369. The number of alkyl halides is 1. The number of unbranched alkanes of at least 4 members (excludes halogenated alkanes) is 9. The minimum atomic E-state index is -0.655. The Kier molecular flexibility index (Phi) is 19.3. The van der Waals surface area contributed by atoms with Gasteiger partial charge in [0.15, 0.2) is 0 Å². The first kappa shape index (κ1) is 32.4. The topological polar surface area (TPSA) is 99.1 Å². The molecule has 0 heterocycles. The van der Waals surface area contributed by atoms with E-state index in [0.717, 1.165) is 55.4 Å². The van der Waals surface area contributed by atoms with Crippen LogP contribution in [0.3, 0.4) is 0 Å². The summed E-state index contributed by atoms with van der Waals surface area (Å²) in [7, 11) is 0. The number of urea groups is 1. The van der Waals surface area contributed by atoms with Crippen LogP contribution in [0, 0.1) is 16.7 Å². The maximum absolute atomic E-state index is 11.6. The van der Waals surface area contributed by atoms with Crippen molar-refractivity contribution in [1.29, 1.82) is 0 Å². The molecular weight excluding hydrogens is 478 g/mol. The second-order valence-corrected chi connectivity index (χ2v) is 10.9. The van der Waals surface area contributed by atoms with Crippen LogP contribution in [-0.4, -0.2) is 40.6 Å². The summed E-state index contributed by atoms with van der Waals surface area (Å²) in [5.41, 5.74) is 0. The zero-order valence-electron chi connectivity index (χ0n) is 22.5. The molecule has 0 spiro atoms. The summed E-state index contributed by atoms with van der Waals surface area (Å²) in [6.45, 7) is 2.37. The molecule has 0 aromatic carbocycles. The van der Waals surface area contributed by atoms with Gasteiger partial charge in [0.05, 0.1) is 11.8 Å². The molecule has 36 heavy (non-hydrogen) atoms. The van der Waals surface area contributed by atoms with E-state index in [4.69, 9.17) is 16.7 Å². The van der Waals surface area contributed by atoms with Gasteiger partial charge in [-0.25, -0.2) is 4.79 Å². The van der Waals surface area contributed by atoms with Crippen LogP contribution >= 0.6 is 11.6 Å². The molecule has 208 valence electrons. The predicted octanol–water partition coefficient (Wildman–Crippen LogP) is 8.22. The van der Waals surface area contributed by atoms with Gasteiger partial charge in [-0.2, -0.15) is 5.01 Å². The molecular formula is C28H50ClN3O4. The third-order valence-corrected chi connectivity index (χ3v) is 7.47. The third-order valence-electron chi connectivity index (χ3n) is 7.30. The van der Waals surface area contributed by atoms with Gasteiger partial charge in [0, 0.05) is 18.3 Å². The van der Waals surface area contributed by atoms with Gasteiger partial charge in [0.1, 0.15) is 0 Å². The molecule has 0 aliphatic heterocycles. The van der Waals surface area contributed by atoms with Crippen molar-refractivity contribution in [2.24, 2.45) is 17.1 Å². The average Bonchev–Trinajstić information content (AvgIpc) is 3.38. The molecule has 2 aliphatic carbocycles. The smallest absolute Gasteiger partial charge is 0.340 e. The van der Waals surface area contributed by atoms with Crippen molar-refractivity contribution in [3.05, 3.63) is 17.1 Å². The Morgan fingerprint density at radius 3 is 2.03 bits per heavy atom. The number of aliphatic carboxylic acids is 1. The molecule has 0 aromatic heterocycles. The fourth-order valence-corrected chi connectivity index (χ4v) is 5.11. The second kappa shape index (κ2) is 21.5. The molecule has 0 bridgehead atoms. The summed E-state index contributed by atoms with van der Waals surface area (Å²) in [4.78, 5) is 32.3. The van der Waals surface area contributed by atoms with Gasteiger partial charge in [0.2, 0.25) is 0 Å². The number of hydrogen-bond acceptors (Lipinski definition) is 4. The maximum Gasteiger partial charge on any atom is 0.340 e. The first-order valence-corrected chi connectivity index (χ1v) is 14.9. The number of carbonyl (C=O) groups is 2. The van der Waals surface area contributed by atoms with Crippen LogP contribution in [0.4, 0.5) is 4.79 Å². The van der Waals surface area contributed by atoms with E-state index in [-0.39, 0.29) is 18.5 Å². The van der Waals surface area contributed by atoms with Crippen molar-refractivity contribution in [3.63, 3.8) is 0 Å². The zero-order valence-corrected chi connectivity index (χ0v) is 23.2. The van der Waals surface area contributed by atoms with Crippen LogP contribution in [0.25, 0.3) is 0 Å². The van der Waals surface area contributed by atoms with Crippen LogP contribution in [0.2, 0.25) is 0 Å². The Labute approximate surface area is 223 Å². The third kappa shape index (κ3) is 16.9. The minimum absolute atomic E-state index is 0.153. The highest BCUT2D eigenvalue weighted by molar-refractivity contribution is 6.18. The van der Waals surface area contributed by atoms with Gasteiger partial charge >= 0.3 is 12.0 Å². The number of carboxylic acids is 1. The van der Waals surface area contributed by atoms with E-state index >= 15 is 0 Å². The second-order valence-electron chi connectivity index (χ2n) is 10.5. The minimum Gasteiger partial charge on any atom is -0.481 e. The summed E-state index contributed by atoms with van der Waals surface area (Å²) in [6, 6.07) is -0.265. The highest BCUT2D eigenvalue weighted by Crippen LogP contribution is 2.24. The van der Waals surface area contributed by atoms with E-state index in [1.807, 2.05) is 0 Å². The average molecular weight is 528 g/mol. The molecule has 1 fully saturated rings. The lowest BCUT2D eigenvalue weighted by Crippen LogP contribution is -2.44. The van der Waals surface area contributed by atoms with Crippen LogP contribution in [0.5, 0.6) is 0 Å². The molecule has 0 aromatic rings. The van der Waals surface area contributed by atoms with E-state index < -0.39 is 12.0 Å². The molecule has 1 atom stereocenters. The van der Waals surface area contributed by atoms with E-state index in [2.05, 4.69) is 29.7 Å². The highest BCUT2D eigenvalue weighted by Gasteiger charge is 2.22. The molecule has 0 saturated heterocycles. The number of allylic oxidation sites excluding steroid dienone is 2. The van der Waals surface area contributed by atoms with Gasteiger partial charge in [-0.1, -0.05) is 76.9 Å². The monoisotopic (exact) mass is 527 g/mol. The molecule has 8 heteroatoms. The Morgan fingerprint density at radius 2 is 1.53 bits per heavy atom. The summed E-state index contributed by atoms with van der Waals surface area (Å²) >= 11 is 5.46. The van der Waals surface area contributed by atoms with Crippen molar-refractivity contribution in [2.45, 2.75) is 129 Å². The van der Waals surface area contributed by atoms with Crippen LogP contribution in [0.15, 0.2) is 17.4 Å². The number of carboxylic acid groups (broad SMARTS) is 1. The number of nitrogens with zero attached hydrogens (tertiary/aromatic N) is 2. The standard InChI is InChI=1S/C18H32O2.C10H18ClN3O2/c19-18(20)16-10-8-6-4-2-1-3-5-7-9-13-17-14-11-12-15-17;1-8-2-4-9(5-3-8)12-10(15)14(13-16)7-6-11/h11,14,17H,1-10,12-13,15-16H2,(H,19,20);8-9H,2-7H2,1H3,(H,12,15). The van der Waals surface area contributed by atoms with Crippen molar-refractivity contribution >= 4 is 23.6 Å². The fourth-order valence-electron chi connectivity index (χ4n) is 4.95. The zero-order chi connectivity index (χ0) is 26.4. The van der Waals surface area contributed by atoms with Gasteiger partial charge in [-0.15, -0.1) is 16.5 Å². The Morgan fingerprint density at radius 1 is 0.944 bits per heavy atom. The summed E-state index contributed by atoms with van der Waals surface area (Å²) in [6.07, 6.45) is 26.1. The molecule has 0 radical (unpaired) electrons. The van der Waals surface area contributed by atoms with Gasteiger partial charge < -0.3 is 10.4 Å². The Bertz CT molecular complexity index is 624. The van der Waals surface area contributed by atoms with Gasteiger partial charge in [-0.3, -0.25) is 4.79 Å². The lowest BCUT2D eigenvalue weighted by atomic mass is 9.87. The number of nitrogens with one attached hydrogen (secondary N) is 1. The van der Waals surface area contributed by atoms with Crippen LogP contribution < -0.4 is 5.32 Å². The van der Waals surface area contributed by atoms with Gasteiger partial charge in [-0.05, 0) is 63.2 Å². The first-order chi connectivity index (χ1) is 17.5. The van der Waals surface area contributed by atoms with Crippen LogP contribution in [0.1, 0.15) is 122 Å². The molecule has 1 saturated carbocycles. The quantitative estimate of drug-likeness (QED) is 0.0654. The maximum atomic E-state index is 11.6. The van der Waals surface area contributed by atoms with E-state index in [1.54, 1.807) is 0 Å². The number of halogens is 1. The number of amides is 2. The van der Waals surface area contributed by atoms with Crippen molar-refractivity contribution < 1.29 is 14.7 Å². The first-order valence-electron chi connectivity index (χ1n) is 14.3. The fraction of sp³-hybridized carbons (Fsp3) is 0.857. The number of carbonyl (C=O) groups excluding carboxylic acids is 1. The molecule has 2 aliphatic rings. The van der Waals surface area contributed by atoms with E-state index in [9.17, 15) is 14.5 Å². The number of rotatable bonds is 17. The van der Waals surface area contributed by atoms with E-state index in [0.29, 0.717) is 6.42 Å². The normalized spacial score (nSPS) is 20.9. The molecule has 2 N–H and O–H groups in total. The van der Waals surface area contributed by atoms with Gasteiger partial charge in [0.25, 0.3) is 0 Å². The summed E-state index contributed by atoms with van der Waals surface area (Å²) in [5.74, 6) is 1.18. The number of nitroso groups, excluding NO2 is 1. The summed E-state index contributed by atoms with van der Waals surface area (Å²) < 4.78 is 0. The lowest BCUT2D eigenvalue weighted by Gasteiger charge is -2.27. The molecule has 2 rings (SSSR count). The summed E-state index contributed by atoms with van der Waals surface area (Å²) in [5, 5.41) is 14.8. The predicted molar refractivity (Wildman–Crippen MR) is 148 cm³/mol. The molecule has 7 nitrogen and oxygen atoms in total. The van der Waals surface area contributed by atoms with Crippen molar-refractivity contribution in [2.75, 3.05) is 12.4 Å². The lowest BCUT2D eigenvalue weighted by molar-refractivity contribution is -0.137. The molecule has 1 unspecified atom stereocenters. The largest absolute Gasteiger partial charge is 0.481 e. The van der Waals surface area contributed by atoms with Crippen LogP contribution in [-0.2, 0) is 4.79 Å². The van der Waals surface area contributed by atoms with Crippen molar-refractivity contribution in [3.8, 4) is 0 Å². The number of hydrogen-bond donors (Lipinski definition) is 2. The SMILES string of the molecule is CC1CCC(NC(=O)N(CCCl)N=O)CC1.O=C(O)CCCCCCCCCCCCC1C=CCC1. The van der Waals surface area contributed by atoms with Crippen molar-refractivity contribution in [1.82, 2.24) is 10.3 Å². The van der Waals surface area contributed by atoms with E-state index in [1.165, 1.54) is 70.6 Å². The molecule has 2 amide bonds. The Hall–Kier alpha value is -1.63.